The van der Waals surface area contributed by atoms with E-state index in [-0.39, 0.29) is 11.8 Å². The lowest BCUT2D eigenvalue weighted by Gasteiger charge is -2.42. The summed E-state index contributed by atoms with van der Waals surface area (Å²) in [5, 5.41) is 9.17. The Morgan fingerprint density at radius 2 is 1.58 bits per heavy atom. The maximum atomic E-state index is 12.5. The molecule has 0 spiro atoms. The van der Waals surface area contributed by atoms with Gasteiger partial charge in [0.25, 0.3) is 0 Å². The van der Waals surface area contributed by atoms with E-state index < -0.39 is 17.3 Å². The third kappa shape index (κ3) is 2.24. The van der Waals surface area contributed by atoms with Crippen LogP contribution in [0.1, 0.15) is 27.7 Å². The highest BCUT2D eigenvalue weighted by Crippen LogP contribution is 2.59. The van der Waals surface area contributed by atoms with Crippen molar-refractivity contribution in [2.75, 3.05) is 20.1 Å². The van der Waals surface area contributed by atoms with Crippen LogP contribution in [-0.2, 0) is 9.59 Å². The normalized spacial score (nSPS) is 38.1. The van der Waals surface area contributed by atoms with Crippen LogP contribution in [0.4, 0.5) is 0 Å². The molecule has 0 aromatic rings. The van der Waals surface area contributed by atoms with Gasteiger partial charge in [0, 0.05) is 25.2 Å². The Kier molecular flexibility index (Phi) is 3.37. The molecule has 1 amide bonds. The maximum absolute atomic E-state index is 12.5. The summed E-state index contributed by atoms with van der Waals surface area (Å²) >= 11 is 0. The molecule has 0 bridgehead atoms. The number of piperazine rings is 1. The van der Waals surface area contributed by atoms with Gasteiger partial charge in [-0.15, -0.1) is 0 Å². The Bertz CT molecular complexity index is 395. The molecule has 0 aromatic heterocycles. The zero-order chi connectivity index (χ0) is 14.5. The number of carbonyl (C=O) groups is 2. The van der Waals surface area contributed by atoms with Gasteiger partial charge in [-0.25, -0.2) is 0 Å². The van der Waals surface area contributed by atoms with Gasteiger partial charge >= 0.3 is 5.97 Å². The van der Waals surface area contributed by atoms with Crippen LogP contribution < -0.4 is 0 Å². The van der Waals surface area contributed by atoms with E-state index in [1.165, 1.54) is 0 Å². The number of carbonyl (C=O) groups excluding carboxylic acids is 1. The number of aliphatic carboxylic acids is 1. The smallest absolute Gasteiger partial charge is 0.307 e. The minimum Gasteiger partial charge on any atom is -0.481 e. The summed E-state index contributed by atoms with van der Waals surface area (Å²) in [6.45, 7) is 9.33. The molecule has 1 aliphatic carbocycles. The van der Waals surface area contributed by atoms with Crippen molar-refractivity contribution in [2.24, 2.45) is 17.3 Å². The molecule has 4 atom stereocenters. The predicted molar refractivity (Wildman–Crippen MR) is 71.7 cm³/mol. The molecule has 2 unspecified atom stereocenters. The van der Waals surface area contributed by atoms with Gasteiger partial charge in [0.05, 0.1) is 11.8 Å². The van der Waals surface area contributed by atoms with Crippen LogP contribution >= 0.6 is 0 Å². The summed E-state index contributed by atoms with van der Waals surface area (Å²) in [7, 11) is 2.07. The third-order valence-corrected chi connectivity index (χ3v) is 5.03. The van der Waals surface area contributed by atoms with E-state index >= 15 is 0 Å². The molecule has 2 fully saturated rings. The van der Waals surface area contributed by atoms with Crippen molar-refractivity contribution < 1.29 is 14.7 Å². The molecule has 2 aliphatic rings. The summed E-state index contributed by atoms with van der Waals surface area (Å²) in [4.78, 5) is 27.8. The van der Waals surface area contributed by atoms with Gasteiger partial charge in [0.15, 0.2) is 0 Å². The Morgan fingerprint density at radius 3 is 1.95 bits per heavy atom. The number of nitrogens with zero attached hydrogens (tertiary/aromatic N) is 2. The van der Waals surface area contributed by atoms with Crippen molar-refractivity contribution in [3.05, 3.63) is 0 Å². The van der Waals surface area contributed by atoms with Crippen molar-refractivity contribution >= 4 is 11.9 Å². The SMILES string of the molecule is CC1CN(C(=O)[C@H]2[C@@H](C(=O)O)C2(C)C)CC(C)N1C. The van der Waals surface area contributed by atoms with Crippen molar-refractivity contribution in [3.63, 3.8) is 0 Å². The summed E-state index contributed by atoms with van der Waals surface area (Å²) in [5.74, 6) is -1.71. The van der Waals surface area contributed by atoms with Crippen LogP contribution in [0.2, 0.25) is 0 Å². The van der Waals surface area contributed by atoms with Crippen molar-refractivity contribution in [1.82, 2.24) is 9.80 Å². The van der Waals surface area contributed by atoms with Crippen LogP contribution in [0.15, 0.2) is 0 Å². The van der Waals surface area contributed by atoms with E-state index in [1.54, 1.807) is 0 Å². The van der Waals surface area contributed by atoms with Crippen molar-refractivity contribution in [1.29, 1.82) is 0 Å². The number of hydrogen-bond donors (Lipinski definition) is 1. The lowest BCUT2D eigenvalue weighted by atomic mass is 10.1. The van der Waals surface area contributed by atoms with E-state index in [0.717, 1.165) is 0 Å². The number of likely N-dealkylation sites (N-methyl/N-ethyl adjacent to an activating group) is 1. The molecule has 2 rings (SSSR count). The van der Waals surface area contributed by atoms with Crippen molar-refractivity contribution in [2.45, 2.75) is 39.8 Å². The third-order valence-electron chi connectivity index (χ3n) is 5.03. The summed E-state index contributed by atoms with van der Waals surface area (Å²) in [6.07, 6.45) is 0. The van der Waals surface area contributed by atoms with Gasteiger partial charge in [-0.2, -0.15) is 0 Å². The second-order valence-corrected chi connectivity index (χ2v) is 6.72. The standard InChI is InChI=1S/C14H24N2O3/c1-8-6-16(7-9(2)15(8)5)12(17)10-11(13(18)19)14(10,3)4/h8-11H,6-7H2,1-5H3,(H,18,19)/t8?,9?,10-,11+/m1/s1. The van der Waals surface area contributed by atoms with Gasteiger partial charge in [0.2, 0.25) is 5.91 Å². The number of rotatable bonds is 2. The van der Waals surface area contributed by atoms with Gasteiger partial charge in [-0.1, -0.05) is 13.8 Å². The summed E-state index contributed by atoms with van der Waals surface area (Å²) < 4.78 is 0. The fraction of sp³-hybridized carbons (Fsp3) is 0.857. The van der Waals surface area contributed by atoms with E-state index in [1.807, 2.05) is 18.7 Å². The molecule has 1 heterocycles. The highest BCUT2D eigenvalue weighted by atomic mass is 16.4. The second-order valence-electron chi connectivity index (χ2n) is 6.72. The molecule has 1 saturated heterocycles. The lowest BCUT2D eigenvalue weighted by Crippen LogP contribution is -2.57. The molecule has 0 aromatic carbocycles. The fourth-order valence-corrected chi connectivity index (χ4v) is 3.34. The average Bonchev–Trinajstić information content (AvgIpc) is 2.87. The second kappa shape index (κ2) is 4.47. The van der Waals surface area contributed by atoms with E-state index in [2.05, 4.69) is 25.8 Å². The van der Waals surface area contributed by atoms with Gasteiger partial charge < -0.3 is 10.0 Å². The Hall–Kier alpha value is -1.10. The molecule has 108 valence electrons. The van der Waals surface area contributed by atoms with Crippen molar-refractivity contribution in [3.8, 4) is 0 Å². The van der Waals surface area contributed by atoms with Crippen LogP contribution in [0.3, 0.4) is 0 Å². The van der Waals surface area contributed by atoms with E-state index in [0.29, 0.717) is 25.2 Å². The molecular formula is C14H24N2O3. The fourth-order valence-electron chi connectivity index (χ4n) is 3.34. The minimum absolute atomic E-state index is 0.0178. The largest absolute Gasteiger partial charge is 0.481 e. The number of amides is 1. The Morgan fingerprint density at radius 1 is 1.11 bits per heavy atom. The molecule has 1 saturated carbocycles. The molecule has 0 radical (unpaired) electrons. The molecule has 1 N–H and O–H groups in total. The summed E-state index contributed by atoms with van der Waals surface area (Å²) in [5.41, 5.74) is -0.404. The predicted octanol–water partition coefficient (Wildman–Crippen LogP) is 0.894. The van der Waals surface area contributed by atoms with E-state index in [4.69, 9.17) is 0 Å². The van der Waals surface area contributed by atoms with Crippen LogP contribution in [-0.4, -0.2) is 59.0 Å². The Labute approximate surface area is 114 Å². The zero-order valence-corrected chi connectivity index (χ0v) is 12.4. The number of carboxylic acids is 1. The highest BCUT2D eigenvalue weighted by molar-refractivity contribution is 5.91. The first kappa shape index (κ1) is 14.3. The average molecular weight is 268 g/mol. The first-order valence-electron chi connectivity index (χ1n) is 6.91. The van der Waals surface area contributed by atoms with Gasteiger partial charge in [-0.3, -0.25) is 14.5 Å². The molecule has 19 heavy (non-hydrogen) atoms. The molecule has 5 heteroatoms. The monoisotopic (exact) mass is 268 g/mol. The first-order valence-corrected chi connectivity index (χ1v) is 6.91. The zero-order valence-electron chi connectivity index (χ0n) is 12.4. The van der Waals surface area contributed by atoms with Crippen LogP contribution in [0.5, 0.6) is 0 Å². The van der Waals surface area contributed by atoms with Gasteiger partial charge in [0.1, 0.15) is 0 Å². The lowest BCUT2D eigenvalue weighted by molar-refractivity contribution is -0.143. The quantitative estimate of drug-likeness (QED) is 0.808. The molecular weight excluding hydrogens is 244 g/mol. The van der Waals surface area contributed by atoms with Gasteiger partial charge in [-0.05, 0) is 26.3 Å². The van der Waals surface area contributed by atoms with Crippen LogP contribution in [0.25, 0.3) is 0 Å². The highest BCUT2D eigenvalue weighted by Gasteiger charge is 2.66. The topological polar surface area (TPSA) is 60.9 Å². The first-order chi connectivity index (χ1) is 8.67. The molecule has 5 nitrogen and oxygen atoms in total. The number of hydrogen-bond acceptors (Lipinski definition) is 3. The number of carboxylic acid groups (broad SMARTS) is 1. The molecule has 1 aliphatic heterocycles. The van der Waals surface area contributed by atoms with Crippen LogP contribution in [0, 0.1) is 17.3 Å². The van der Waals surface area contributed by atoms with E-state index in [9.17, 15) is 14.7 Å². The maximum Gasteiger partial charge on any atom is 0.307 e. The Balaban J connectivity index is 2.08. The summed E-state index contributed by atoms with van der Waals surface area (Å²) in [6, 6.07) is 0.635. The minimum atomic E-state index is -0.849.